The molecule has 0 spiro atoms. The maximum atomic E-state index is 10.9. The van der Waals surface area contributed by atoms with Gasteiger partial charge in [0.1, 0.15) is 5.69 Å². The summed E-state index contributed by atoms with van der Waals surface area (Å²) >= 11 is 0. The fourth-order valence-corrected chi connectivity index (χ4v) is 1.57. The van der Waals surface area contributed by atoms with E-state index in [0.29, 0.717) is 17.8 Å². The van der Waals surface area contributed by atoms with Crippen molar-refractivity contribution in [3.63, 3.8) is 0 Å². The maximum absolute atomic E-state index is 10.9. The number of hydrogen-bond donors (Lipinski definition) is 1. The van der Waals surface area contributed by atoms with Gasteiger partial charge in [0.05, 0.1) is 23.2 Å². The molecule has 96 valence electrons. The summed E-state index contributed by atoms with van der Waals surface area (Å²) in [6.07, 6.45) is 3.25. The monoisotopic (exact) mass is 256 g/mol. The van der Waals surface area contributed by atoms with E-state index < -0.39 is 4.92 Å². The van der Waals surface area contributed by atoms with E-state index in [4.69, 9.17) is 0 Å². The molecule has 0 radical (unpaired) electrons. The molecule has 0 bridgehead atoms. The molecule has 1 aromatic carbocycles. The molecule has 0 fully saturated rings. The van der Waals surface area contributed by atoms with Crippen molar-refractivity contribution < 1.29 is 4.92 Å². The SMILES string of the molecule is CNCC#Cc1cnn(-c2ccccc2[N+](=O)[O-])c1. The number of para-hydroxylation sites is 2. The van der Waals surface area contributed by atoms with Crippen LogP contribution in [0.5, 0.6) is 0 Å². The number of nitrogens with zero attached hydrogens (tertiary/aromatic N) is 3. The molecule has 1 aromatic heterocycles. The highest BCUT2D eigenvalue weighted by atomic mass is 16.6. The quantitative estimate of drug-likeness (QED) is 0.511. The van der Waals surface area contributed by atoms with Crippen molar-refractivity contribution in [3.8, 4) is 17.5 Å². The van der Waals surface area contributed by atoms with Gasteiger partial charge in [-0.05, 0) is 13.1 Å². The zero-order chi connectivity index (χ0) is 13.7. The van der Waals surface area contributed by atoms with Crippen molar-refractivity contribution in [1.82, 2.24) is 15.1 Å². The van der Waals surface area contributed by atoms with Crippen molar-refractivity contribution in [3.05, 3.63) is 52.3 Å². The van der Waals surface area contributed by atoms with Gasteiger partial charge in [0.2, 0.25) is 0 Å². The topological polar surface area (TPSA) is 73.0 Å². The molecule has 0 amide bonds. The average molecular weight is 256 g/mol. The lowest BCUT2D eigenvalue weighted by atomic mass is 10.2. The first-order chi connectivity index (χ1) is 9.22. The van der Waals surface area contributed by atoms with Crippen LogP contribution in [-0.2, 0) is 0 Å². The van der Waals surface area contributed by atoms with E-state index in [0.717, 1.165) is 0 Å². The molecule has 0 aliphatic heterocycles. The zero-order valence-electron chi connectivity index (χ0n) is 10.3. The number of nitrogens with one attached hydrogen (secondary N) is 1. The molecule has 19 heavy (non-hydrogen) atoms. The first-order valence-electron chi connectivity index (χ1n) is 5.64. The fraction of sp³-hybridized carbons (Fsp3) is 0.154. The maximum Gasteiger partial charge on any atom is 0.294 e. The van der Waals surface area contributed by atoms with Gasteiger partial charge in [-0.2, -0.15) is 5.10 Å². The summed E-state index contributed by atoms with van der Waals surface area (Å²) in [6, 6.07) is 6.45. The lowest BCUT2D eigenvalue weighted by Gasteiger charge is -2.01. The molecule has 0 aliphatic carbocycles. The van der Waals surface area contributed by atoms with Crippen LogP contribution in [0.1, 0.15) is 5.56 Å². The summed E-state index contributed by atoms with van der Waals surface area (Å²) in [5.74, 6) is 5.82. The second kappa shape index (κ2) is 5.80. The minimum Gasteiger partial charge on any atom is -0.309 e. The highest BCUT2D eigenvalue weighted by Crippen LogP contribution is 2.21. The molecule has 6 heteroatoms. The second-order valence-corrected chi connectivity index (χ2v) is 3.75. The predicted molar refractivity (Wildman–Crippen MR) is 71.0 cm³/mol. The minimum atomic E-state index is -0.427. The van der Waals surface area contributed by atoms with E-state index in [1.807, 2.05) is 7.05 Å². The molecule has 0 saturated carbocycles. The Balaban J connectivity index is 2.34. The predicted octanol–water partition coefficient (Wildman–Crippen LogP) is 1.35. The van der Waals surface area contributed by atoms with Crippen molar-refractivity contribution in [2.45, 2.75) is 0 Å². The lowest BCUT2D eigenvalue weighted by Crippen LogP contribution is -2.04. The average Bonchev–Trinajstić information content (AvgIpc) is 2.88. The number of aromatic nitrogens is 2. The van der Waals surface area contributed by atoms with Crippen LogP contribution in [-0.4, -0.2) is 28.3 Å². The van der Waals surface area contributed by atoms with Gasteiger partial charge in [0.15, 0.2) is 0 Å². The smallest absolute Gasteiger partial charge is 0.294 e. The van der Waals surface area contributed by atoms with Gasteiger partial charge in [-0.25, -0.2) is 4.68 Å². The molecule has 0 unspecified atom stereocenters. The zero-order valence-corrected chi connectivity index (χ0v) is 10.3. The Morgan fingerprint density at radius 2 is 2.26 bits per heavy atom. The lowest BCUT2D eigenvalue weighted by molar-refractivity contribution is -0.384. The van der Waals surface area contributed by atoms with E-state index in [1.165, 1.54) is 10.7 Å². The van der Waals surface area contributed by atoms with E-state index in [-0.39, 0.29) is 5.69 Å². The van der Waals surface area contributed by atoms with Crippen LogP contribution in [0.3, 0.4) is 0 Å². The number of hydrogen-bond acceptors (Lipinski definition) is 4. The Hall–Kier alpha value is -2.65. The molecule has 2 rings (SSSR count). The number of rotatable bonds is 3. The van der Waals surface area contributed by atoms with Crippen LogP contribution in [0.4, 0.5) is 5.69 Å². The molecule has 1 N–H and O–H groups in total. The van der Waals surface area contributed by atoms with Gasteiger partial charge in [-0.1, -0.05) is 24.0 Å². The van der Waals surface area contributed by atoms with Crippen LogP contribution < -0.4 is 5.32 Å². The largest absolute Gasteiger partial charge is 0.309 e. The summed E-state index contributed by atoms with van der Waals surface area (Å²) in [5.41, 5.74) is 1.16. The van der Waals surface area contributed by atoms with Crippen LogP contribution in [0.15, 0.2) is 36.7 Å². The molecule has 6 nitrogen and oxygen atoms in total. The Labute approximate surface area is 110 Å². The van der Waals surface area contributed by atoms with Crippen LogP contribution in [0, 0.1) is 22.0 Å². The van der Waals surface area contributed by atoms with Crippen molar-refractivity contribution >= 4 is 5.69 Å². The minimum absolute atomic E-state index is 0.0142. The molecule has 1 heterocycles. The third kappa shape index (κ3) is 2.97. The van der Waals surface area contributed by atoms with Gasteiger partial charge in [-0.3, -0.25) is 10.1 Å². The first kappa shape index (κ1) is 12.8. The summed E-state index contributed by atoms with van der Waals surface area (Å²) < 4.78 is 1.46. The number of nitro groups is 1. The third-order valence-electron chi connectivity index (χ3n) is 2.41. The third-order valence-corrected chi connectivity index (χ3v) is 2.41. The van der Waals surface area contributed by atoms with Crippen LogP contribution in [0.25, 0.3) is 5.69 Å². The number of benzene rings is 1. The standard InChI is InChI=1S/C13H12N4O2/c1-14-8-4-5-11-9-15-16(10-11)12-6-2-3-7-13(12)17(18)19/h2-3,6-7,9-10,14H,8H2,1H3. The molecule has 0 aliphatic rings. The molecular formula is C13H12N4O2. The highest BCUT2D eigenvalue weighted by molar-refractivity contribution is 5.52. The Morgan fingerprint density at radius 1 is 1.47 bits per heavy atom. The first-order valence-corrected chi connectivity index (χ1v) is 5.64. The Morgan fingerprint density at radius 3 is 3.00 bits per heavy atom. The van der Waals surface area contributed by atoms with Crippen molar-refractivity contribution in [2.24, 2.45) is 0 Å². The normalized spacial score (nSPS) is 9.74. The van der Waals surface area contributed by atoms with Gasteiger partial charge >= 0.3 is 0 Å². The van der Waals surface area contributed by atoms with Crippen molar-refractivity contribution in [2.75, 3.05) is 13.6 Å². The molecule has 2 aromatic rings. The van der Waals surface area contributed by atoms with Gasteiger partial charge in [0, 0.05) is 12.3 Å². The second-order valence-electron chi connectivity index (χ2n) is 3.75. The van der Waals surface area contributed by atoms with Crippen LogP contribution >= 0.6 is 0 Å². The van der Waals surface area contributed by atoms with E-state index in [2.05, 4.69) is 22.3 Å². The van der Waals surface area contributed by atoms with E-state index >= 15 is 0 Å². The molecule has 0 atom stereocenters. The van der Waals surface area contributed by atoms with Gasteiger partial charge < -0.3 is 5.32 Å². The molecule has 0 saturated heterocycles. The van der Waals surface area contributed by atoms with Crippen molar-refractivity contribution in [1.29, 1.82) is 0 Å². The van der Waals surface area contributed by atoms with E-state index in [9.17, 15) is 10.1 Å². The van der Waals surface area contributed by atoms with Crippen LogP contribution in [0.2, 0.25) is 0 Å². The molecular weight excluding hydrogens is 244 g/mol. The van der Waals surface area contributed by atoms with E-state index in [1.54, 1.807) is 30.6 Å². The number of nitro benzene ring substituents is 1. The fourth-order valence-electron chi connectivity index (χ4n) is 1.57. The van der Waals surface area contributed by atoms with Gasteiger partial charge in [-0.15, -0.1) is 0 Å². The summed E-state index contributed by atoms with van der Waals surface area (Å²) in [4.78, 5) is 10.5. The Bertz CT molecular complexity index is 652. The Kier molecular flexibility index (Phi) is 3.90. The van der Waals surface area contributed by atoms with Gasteiger partial charge in [0.25, 0.3) is 5.69 Å². The summed E-state index contributed by atoms with van der Waals surface area (Å²) in [6.45, 7) is 0.580. The summed E-state index contributed by atoms with van der Waals surface area (Å²) in [5, 5.41) is 17.9. The highest BCUT2D eigenvalue weighted by Gasteiger charge is 2.14. The summed E-state index contributed by atoms with van der Waals surface area (Å²) in [7, 11) is 1.81.